The molecule has 0 saturated carbocycles. The van der Waals surface area contributed by atoms with E-state index in [1.165, 1.54) is 24.3 Å². The molecule has 1 aromatic heterocycles. The fourth-order valence-corrected chi connectivity index (χ4v) is 3.87. The number of nitrogens with two attached hydrogens (primary N) is 2. The first-order valence-corrected chi connectivity index (χ1v) is 12.3. The van der Waals surface area contributed by atoms with E-state index in [1.54, 1.807) is 31.2 Å². The molecule has 0 saturated heterocycles. The van der Waals surface area contributed by atoms with E-state index in [2.05, 4.69) is 20.6 Å². The zero-order chi connectivity index (χ0) is 27.7. The smallest absolute Gasteiger partial charge is 0.269 e. The Balaban J connectivity index is 0.00000533. The van der Waals surface area contributed by atoms with Crippen LogP contribution >= 0.6 is 12.4 Å². The van der Waals surface area contributed by atoms with E-state index in [1.807, 2.05) is 0 Å². The van der Waals surface area contributed by atoms with Crippen molar-refractivity contribution in [3.05, 3.63) is 87.1 Å². The van der Waals surface area contributed by atoms with E-state index >= 15 is 0 Å². The topological polar surface area (TPSA) is 196 Å². The molecule has 0 aliphatic carbocycles. The highest BCUT2D eigenvalue weighted by atomic mass is 35.5. The highest BCUT2D eigenvalue weighted by Crippen LogP contribution is 2.12. The van der Waals surface area contributed by atoms with Gasteiger partial charge in [0.1, 0.15) is 17.2 Å². The molecule has 2 atom stereocenters. The molecule has 0 radical (unpaired) electrons. The lowest BCUT2D eigenvalue weighted by molar-refractivity contribution is -0.123. The lowest BCUT2D eigenvalue weighted by Crippen LogP contribution is -2.43. The zero-order valence-electron chi connectivity index (χ0n) is 21.6. The van der Waals surface area contributed by atoms with Gasteiger partial charge in [-0.3, -0.25) is 19.4 Å². The summed E-state index contributed by atoms with van der Waals surface area (Å²) >= 11 is 0. The third kappa shape index (κ3) is 9.71. The van der Waals surface area contributed by atoms with Gasteiger partial charge in [-0.2, -0.15) is 0 Å². The number of nitrogens with one attached hydrogen (secondary N) is 3. The molecule has 0 aliphatic heterocycles. The van der Waals surface area contributed by atoms with Crippen molar-refractivity contribution >= 4 is 24.2 Å². The summed E-state index contributed by atoms with van der Waals surface area (Å²) in [5.41, 5.74) is 14.8. The van der Waals surface area contributed by atoms with Crippen LogP contribution in [0.2, 0.25) is 0 Å². The number of amides is 2. The van der Waals surface area contributed by atoms with Gasteiger partial charge < -0.3 is 37.3 Å². The van der Waals surface area contributed by atoms with Gasteiger partial charge in [0, 0.05) is 31.6 Å². The summed E-state index contributed by atoms with van der Waals surface area (Å²) in [6.45, 7) is 2.24. The first-order chi connectivity index (χ1) is 18.1. The van der Waals surface area contributed by atoms with Gasteiger partial charge in [-0.25, -0.2) is 0 Å². The van der Waals surface area contributed by atoms with Gasteiger partial charge >= 0.3 is 0 Å². The Morgan fingerprint density at radius 2 is 1.28 bits per heavy atom. The molecular weight excluding hydrogens is 524 g/mol. The number of aromatic hydroxyl groups is 2. The van der Waals surface area contributed by atoms with Crippen LogP contribution in [0.1, 0.15) is 28.2 Å². The predicted octanol–water partition coefficient (Wildman–Crippen LogP) is 0.369. The number of halogens is 1. The van der Waals surface area contributed by atoms with Crippen LogP contribution in [0.4, 0.5) is 0 Å². The van der Waals surface area contributed by atoms with E-state index in [-0.39, 0.29) is 60.8 Å². The summed E-state index contributed by atoms with van der Waals surface area (Å²) < 4.78 is 0. The summed E-state index contributed by atoms with van der Waals surface area (Å²) in [5.74, 6) is -0.377. The Morgan fingerprint density at radius 1 is 0.846 bits per heavy atom. The Bertz CT molecular complexity index is 1300. The Hall–Kier alpha value is -3.93. The number of nitrogens with zero attached hydrogens (tertiary/aromatic N) is 1. The van der Waals surface area contributed by atoms with Gasteiger partial charge in [-0.1, -0.05) is 24.3 Å². The van der Waals surface area contributed by atoms with E-state index in [0.29, 0.717) is 36.3 Å². The molecule has 0 spiro atoms. The normalized spacial score (nSPS) is 12.2. The molecule has 9 N–H and O–H groups in total. The molecule has 210 valence electrons. The standard InChI is InChI=1S/C27H34N6O5.ClH/c1-16-23(10-12-30-25(36)21(28)14-17-2-6-19(34)7-3-17)33-27(38)24(32-16)11-13-31-26(37)22(29)15-18-4-8-20(35)9-5-18;/h2-9,21-22,34-35H,10-15,28-29H2,1H3,(H,30,36)(H,31,37)(H,33,38);1H. The lowest BCUT2D eigenvalue weighted by atomic mass is 10.1. The number of rotatable bonds is 12. The molecular formula is C27H35ClN6O5. The SMILES string of the molecule is Cc1nc(CCNC(=O)C(N)Cc2ccc(O)cc2)c(=O)[nH]c1CCNC(=O)C(N)Cc1ccc(O)cc1.Cl. The van der Waals surface area contributed by atoms with Crippen molar-refractivity contribution in [1.29, 1.82) is 0 Å². The summed E-state index contributed by atoms with van der Waals surface area (Å²) in [6, 6.07) is 11.5. The summed E-state index contributed by atoms with van der Waals surface area (Å²) in [7, 11) is 0. The van der Waals surface area contributed by atoms with Gasteiger partial charge in [0.15, 0.2) is 0 Å². The number of hydrogen-bond donors (Lipinski definition) is 7. The Kier molecular flexibility index (Phi) is 11.9. The fraction of sp³-hybridized carbons (Fsp3) is 0.333. The van der Waals surface area contributed by atoms with Crippen LogP contribution in [-0.4, -0.2) is 57.2 Å². The van der Waals surface area contributed by atoms with Crippen LogP contribution in [0.3, 0.4) is 0 Å². The maximum absolute atomic E-state index is 12.5. The second-order valence-electron chi connectivity index (χ2n) is 9.11. The highest BCUT2D eigenvalue weighted by molar-refractivity contribution is 5.85. The predicted molar refractivity (Wildman–Crippen MR) is 150 cm³/mol. The van der Waals surface area contributed by atoms with Crippen LogP contribution < -0.4 is 27.7 Å². The molecule has 0 fully saturated rings. The molecule has 11 nitrogen and oxygen atoms in total. The Morgan fingerprint density at radius 3 is 1.74 bits per heavy atom. The van der Waals surface area contributed by atoms with Gasteiger partial charge in [-0.05, 0) is 55.2 Å². The van der Waals surface area contributed by atoms with E-state index in [4.69, 9.17) is 11.5 Å². The molecule has 2 amide bonds. The van der Waals surface area contributed by atoms with Crippen molar-refractivity contribution in [2.45, 2.75) is 44.7 Å². The lowest BCUT2D eigenvalue weighted by Gasteiger charge is -2.14. The minimum atomic E-state index is -0.765. The molecule has 2 unspecified atom stereocenters. The number of hydrogen-bond acceptors (Lipinski definition) is 8. The maximum atomic E-state index is 12.5. The van der Waals surface area contributed by atoms with E-state index in [0.717, 1.165) is 11.1 Å². The second-order valence-corrected chi connectivity index (χ2v) is 9.11. The number of phenolic OH excluding ortho intramolecular Hbond substituents is 2. The summed E-state index contributed by atoms with van der Waals surface area (Å²) in [6.07, 6.45) is 1.25. The average Bonchev–Trinajstić information content (AvgIpc) is 2.89. The van der Waals surface area contributed by atoms with Gasteiger partial charge in [0.05, 0.1) is 17.8 Å². The highest BCUT2D eigenvalue weighted by Gasteiger charge is 2.16. The number of H-pyrrole nitrogens is 1. The molecule has 3 rings (SSSR count). The van der Waals surface area contributed by atoms with Crippen molar-refractivity contribution in [3.63, 3.8) is 0 Å². The van der Waals surface area contributed by atoms with Crippen molar-refractivity contribution in [2.24, 2.45) is 11.5 Å². The monoisotopic (exact) mass is 558 g/mol. The zero-order valence-corrected chi connectivity index (χ0v) is 22.5. The quantitative estimate of drug-likeness (QED) is 0.165. The minimum absolute atomic E-state index is 0. The average molecular weight is 559 g/mol. The maximum Gasteiger partial charge on any atom is 0.269 e. The van der Waals surface area contributed by atoms with E-state index in [9.17, 15) is 24.6 Å². The number of aryl methyl sites for hydroxylation is 1. The molecule has 0 aliphatic rings. The Labute approximate surface area is 232 Å². The summed E-state index contributed by atoms with van der Waals surface area (Å²) in [5, 5.41) is 24.2. The number of carbonyl (C=O) groups excluding carboxylic acids is 2. The largest absolute Gasteiger partial charge is 0.508 e. The third-order valence-electron chi connectivity index (χ3n) is 6.06. The van der Waals surface area contributed by atoms with Crippen molar-refractivity contribution in [3.8, 4) is 11.5 Å². The number of benzene rings is 2. The molecule has 2 aromatic carbocycles. The number of aromatic amines is 1. The van der Waals surface area contributed by atoms with Crippen LogP contribution in [0.15, 0.2) is 53.3 Å². The van der Waals surface area contributed by atoms with Crippen LogP contribution in [-0.2, 0) is 35.3 Å². The van der Waals surface area contributed by atoms with Crippen LogP contribution in [0.5, 0.6) is 11.5 Å². The van der Waals surface area contributed by atoms with Gasteiger partial charge in [0.25, 0.3) is 5.56 Å². The first-order valence-electron chi connectivity index (χ1n) is 12.3. The van der Waals surface area contributed by atoms with Crippen molar-refractivity contribution in [2.75, 3.05) is 13.1 Å². The number of phenols is 2. The second kappa shape index (κ2) is 14.9. The molecule has 1 heterocycles. The number of carbonyl (C=O) groups is 2. The van der Waals surface area contributed by atoms with Crippen molar-refractivity contribution < 1.29 is 19.8 Å². The van der Waals surface area contributed by atoms with Gasteiger partial charge in [-0.15, -0.1) is 12.4 Å². The minimum Gasteiger partial charge on any atom is -0.508 e. The molecule has 39 heavy (non-hydrogen) atoms. The molecule has 3 aromatic rings. The van der Waals surface area contributed by atoms with E-state index < -0.39 is 12.1 Å². The summed E-state index contributed by atoms with van der Waals surface area (Å²) in [4.78, 5) is 44.3. The third-order valence-corrected chi connectivity index (χ3v) is 6.06. The van der Waals surface area contributed by atoms with Crippen LogP contribution in [0, 0.1) is 6.92 Å². The fourth-order valence-electron chi connectivity index (χ4n) is 3.87. The van der Waals surface area contributed by atoms with Gasteiger partial charge in [0.2, 0.25) is 11.8 Å². The first kappa shape index (κ1) is 31.3. The molecule has 0 bridgehead atoms. The molecule has 12 heteroatoms. The van der Waals surface area contributed by atoms with Crippen LogP contribution in [0.25, 0.3) is 0 Å². The van der Waals surface area contributed by atoms with Crippen molar-refractivity contribution in [1.82, 2.24) is 20.6 Å². The number of aromatic nitrogens is 2.